The molecule has 1 heterocycles. The lowest BCUT2D eigenvalue weighted by atomic mass is 10.3. The predicted octanol–water partition coefficient (Wildman–Crippen LogP) is 0.661. The third-order valence-electron chi connectivity index (χ3n) is 0.566. The van der Waals surface area contributed by atoms with Crippen LogP contribution in [0, 0.1) is 5.39 Å². The topological polar surface area (TPSA) is 60.5 Å². The van der Waals surface area contributed by atoms with Crippen molar-refractivity contribution in [1.29, 1.82) is 5.39 Å². The van der Waals surface area contributed by atoms with Gasteiger partial charge in [0.15, 0.2) is 0 Å². The summed E-state index contributed by atoms with van der Waals surface area (Å²) in [6.45, 7) is 0. The van der Waals surface area contributed by atoms with Gasteiger partial charge in [0, 0.05) is 12.4 Å². The Kier molecular flexibility index (Phi) is 9.04. The van der Waals surface area contributed by atoms with Crippen molar-refractivity contribution in [2.45, 2.75) is 0 Å². The summed E-state index contributed by atoms with van der Waals surface area (Å²) in [7, 11) is -6.00. The fourth-order valence-electron chi connectivity index (χ4n) is 0.313. The van der Waals surface area contributed by atoms with E-state index < -0.39 is 7.25 Å². The van der Waals surface area contributed by atoms with Crippen LogP contribution < -0.4 is 5.39 Å². The lowest BCUT2D eigenvalue weighted by Gasteiger charge is -1.94. The zero-order valence-electron chi connectivity index (χ0n) is 6.37. The first-order chi connectivity index (χ1) is 6.00. The van der Waals surface area contributed by atoms with Gasteiger partial charge >= 0.3 is 7.25 Å². The van der Waals surface area contributed by atoms with Crippen LogP contribution in [0.3, 0.4) is 0 Å². The molecule has 1 aromatic rings. The Morgan fingerprint density at radius 2 is 1.23 bits per heavy atom. The summed E-state index contributed by atoms with van der Waals surface area (Å²) >= 11 is 0. The van der Waals surface area contributed by atoms with Gasteiger partial charge in [0.1, 0.15) is 0 Å². The van der Waals surface area contributed by atoms with E-state index in [0.29, 0.717) is 0 Å². The predicted molar refractivity (Wildman–Crippen MR) is 37.1 cm³/mol. The molecule has 1 rings (SSSR count). The molecule has 0 amide bonds. The molecule has 1 N–H and O–H groups in total. The molecule has 0 aliphatic carbocycles. The molecule has 0 radical (unpaired) electrons. The van der Waals surface area contributed by atoms with Crippen LogP contribution in [0.2, 0.25) is 0 Å². The van der Waals surface area contributed by atoms with E-state index in [9.17, 15) is 17.3 Å². The van der Waals surface area contributed by atoms with Crippen molar-refractivity contribution in [2.75, 3.05) is 0 Å². The van der Waals surface area contributed by atoms with Crippen molar-refractivity contribution in [2.24, 2.45) is 0 Å². The summed E-state index contributed by atoms with van der Waals surface area (Å²) in [5.41, 5.74) is 0. The smallest absolute Gasteiger partial charge is 0.418 e. The maximum absolute atomic E-state index is 9.75. The van der Waals surface area contributed by atoms with Gasteiger partial charge in [0.2, 0.25) is 5.39 Å². The monoisotopic (exact) mass is 195 g/mol. The van der Waals surface area contributed by atoms with E-state index in [1.54, 1.807) is 12.4 Å². The van der Waals surface area contributed by atoms with E-state index >= 15 is 0 Å². The number of halogens is 4. The summed E-state index contributed by atoms with van der Waals surface area (Å²) in [5.74, 6) is 0. The van der Waals surface area contributed by atoms with Crippen LogP contribution in [0.5, 0.6) is 0 Å². The summed E-state index contributed by atoms with van der Waals surface area (Å²) in [4.78, 5) is 3.78. The van der Waals surface area contributed by atoms with E-state index in [1.807, 2.05) is 18.2 Å². The number of hydrogen-bond acceptors (Lipinski definition) is 2. The fourth-order valence-corrected chi connectivity index (χ4v) is 0.313. The van der Waals surface area contributed by atoms with E-state index in [0.717, 1.165) is 0 Å². The van der Waals surface area contributed by atoms with Gasteiger partial charge in [-0.3, -0.25) is 4.98 Å². The standard InChI is InChI=1S/C5H5N.BF4.N2/c1-2-4-6-5-3-1;2-1(3,4)5;1-2/h1-5H;;/q;-1;/p+1. The Bertz CT molecular complexity index is 179. The molecular weight excluding hydrogens is 189 g/mol. The summed E-state index contributed by atoms with van der Waals surface area (Å²) in [6, 6.07) is 5.72. The molecule has 0 aliphatic rings. The Labute approximate surface area is 71.9 Å². The van der Waals surface area contributed by atoms with Gasteiger partial charge in [-0.05, 0) is 12.1 Å². The van der Waals surface area contributed by atoms with E-state index in [1.165, 1.54) is 0 Å². The second-order valence-electron chi connectivity index (χ2n) is 1.52. The van der Waals surface area contributed by atoms with Crippen LogP contribution >= 0.6 is 0 Å². The van der Waals surface area contributed by atoms with Crippen LogP contribution in [-0.2, 0) is 0 Å². The van der Waals surface area contributed by atoms with Gasteiger partial charge in [0.05, 0.1) is 5.39 Å². The van der Waals surface area contributed by atoms with Gasteiger partial charge in [-0.1, -0.05) is 6.07 Å². The van der Waals surface area contributed by atoms with Crippen LogP contribution in [0.25, 0.3) is 0 Å². The molecule has 0 atom stereocenters. The Morgan fingerprint density at radius 1 is 0.923 bits per heavy atom. The zero-order chi connectivity index (χ0) is 10.7. The summed E-state index contributed by atoms with van der Waals surface area (Å²) < 4.78 is 39.0. The number of nitrogens with one attached hydrogen (secondary N) is 1. The first-order valence-electron chi connectivity index (χ1n) is 2.95. The lowest BCUT2D eigenvalue weighted by Crippen LogP contribution is -2.11. The van der Waals surface area contributed by atoms with Crippen molar-refractivity contribution in [3.05, 3.63) is 30.6 Å². The van der Waals surface area contributed by atoms with Gasteiger partial charge in [-0.15, -0.1) is 0 Å². The first kappa shape index (κ1) is 13.9. The highest BCUT2D eigenvalue weighted by molar-refractivity contribution is 6.50. The van der Waals surface area contributed by atoms with E-state index in [4.69, 9.17) is 10.8 Å². The summed E-state index contributed by atoms with van der Waals surface area (Å²) in [6.07, 6.45) is 3.50. The average Bonchev–Trinajstić information content (AvgIpc) is 2.08. The summed E-state index contributed by atoms with van der Waals surface area (Å²) in [5, 5.41) is 11.0. The van der Waals surface area contributed by atoms with Crippen LogP contribution in [0.15, 0.2) is 30.6 Å². The van der Waals surface area contributed by atoms with Crippen molar-refractivity contribution in [3.63, 3.8) is 0 Å². The van der Waals surface area contributed by atoms with Crippen molar-refractivity contribution >= 4 is 7.25 Å². The normalized spacial score (nSPS) is 8.46. The SMILES string of the molecule is F[B-](F)(F)F.N#[NH+].c1ccncc1. The quantitative estimate of drug-likeness (QED) is 0.375. The molecule has 0 spiro atoms. The van der Waals surface area contributed by atoms with Crippen molar-refractivity contribution in [1.82, 2.24) is 4.98 Å². The number of hydrogen-bond donors (Lipinski definition) is 1. The zero-order valence-corrected chi connectivity index (χ0v) is 6.37. The highest BCUT2D eigenvalue weighted by atomic mass is 19.5. The average molecular weight is 195 g/mol. The number of rotatable bonds is 0. The van der Waals surface area contributed by atoms with Crippen LogP contribution in [0.1, 0.15) is 0 Å². The Hall–Kier alpha value is -1.65. The molecule has 1 aromatic heterocycles. The molecule has 72 valence electrons. The van der Waals surface area contributed by atoms with Crippen molar-refractivity contribution in [3.8, 4) is 0 Å². The maximum Gasteiger partial charge on any atom is 0.673 e. The van der Waals surface area contributed by atoms with Crippen LogP contribution in [-0.4, -0.2) is 12.2 Å². The molecule has 0 saturated carbocycles. The van der Waals surface area contributed by atoms with Gasteiger partial charge < -0.3 is 17.3 Å². The minimum atomic E-state index is -6.00. The fraction of sp³-hybridized carbons (Fsp3) is 0. The van der Waals surface area contributed by atoms with Crippen molar-refractivity contribution < 1.29 is 22.7 Å². The second-order valence-corrected chi connectivity index (χ2v) is 1.52. The van der Waals surface area contributed by atoms with E-state index in [-0.39, 0.29) is 0 Å². The molecular formula is C5H6BF4N3. The lowest BCUT2D eigenvalue weighted by molar-refractivity contribution is -0.175. The van der Waals surface area contributed by atoms with Gasteiger partial charge in [-0.2, -0.15) is 0 Å². The maximum atomic E-state index is 9.75. The number of aromatic nitrogens is 1. The number of nitrogens with zero attached hydrogens (tertiary/aromatic N) is 2. The number of pyridine rings is 1. The van der Waals surface area contributed by atoms with E-state index in [2.05, 4.69) is 4.98 Å². The van der Waals surface area contributed by atoms with Gasteiger partial charge in [-0.25, -0.2) is 0 Å². The van der Waals surface area contributed by atoms with Crippen LogP contribution in [0.4, 0.5) is 17.3 Å². The molecule has 0 unspecified atom stereocenters. The third kappa shape index (κ3) is 38.1. The molecule has 3 nitrogen and oxygen atoms in total. The molecule has 8 heteroatoms. The highest BCUT2D eigenvalue weighted by Gasteiger charge is 2.20. The Morgan fingerprint density at radius 3 is 1.31 bits per heavy atom. The highest BCUT2D eigenvalue weighted by Crippen LogP contribution is 2.06. The molecule has 0 aromatic carbocycles. The third-order valence-corrected chi connectivity index (χ3v) is 0.566. The van der Waals surface area contributed by atoms with Gasteiger partial charge in [0.25, 0.3) is 0 Å². The first-order valence-corrected chi connectivity index (χ1v) is 2.95. The largest absolute Gasteiger partial charge is 0.673 e. The second kappa shape index (κ2) is 8.45. The molecule has 13 heavy (non-hydrogen) atoms. The molecule has 0 aliphatic heterocycles. The molecule has 0 fully saturated rings. The molecule has 0 saturated heterocycles. The minimum absolute atomic E-state index is 1.75. The minimum Gasteiger partial charge on any atom is -0.418 e. The Balaban J connectivity index is 0. The molecule has 0 bridgehead atoms. The number of diazo groups is 1.